The van der Waals surface area contributed by atoms with Crippen LogP contribution in [0.3, 0.4) is 0 Å². The predicted molar refractivity (Wildman–Crippen MR) is 51.0 cm³/mol. The van der Waals surface area contributed by atoms with Crippen molar-refractivity contribution in [3.8, 4) is 0 Å². The second-order valence-corrected chi connectivity index (χ2v) is 2.77. The Hall–Kier alpha value is -1.56. The highest BCUT2D eigenvalue weighted by Crippen LogP contribution is 2.08. The lowest BCUT2D eigenvalue weighted by atomic mass is 10.4. The molecule has 0 saturated heterocycles. The molecule has 72 valence electrons. The van der Waals surface area contributed by atoms with Crippen molar-refractivity contribution in [3.63, 3.8) is 0 Å². The Morgan fingerprint density at radius 1 is 1.54 bits per heavy atom. The molecule has 0 aliphatic rings. The van der Waals surface area contributed by atoms with Crippen LogP contribution in [-0.2, 0) is 0 Å². The summed E-state index contributed by atoms with van der Waals surface area (Å²) in [6, 6.07) is 1.55. The lowest BCUT2D eigenvalue weighted by Gasteiger charge is -2.07. The molecule has 1 rings (SSSR count). The van der Waals surface area contributed by atoms with Crippen LogP contribution in [0, 0.1) is 0 Å². The van der Waals surface area contributed by atoms with Gasteiger partial charge < -0.3 is 21.9 Å². The molecular formula is C7H13N5O. The van der Waals surface area contributed by atoms with Crippen LogP contribution in [-0.4, -0.2) is 27.7 Å². The summed E-state index contributed by atoms with van der Waals surface area (Å²) >= 11 is 0. The maximum atomic E-state index is 8.98. The smallest absolute Gasteiger partial charge is 0.223 e. The molecular weight excluding hydrogens is 170 g/mol. The number of hydrogen-bond donors (Lipinski definition) is 4. The minimum Gasteiger partial charge on any atom is -0.392 e. The number of rotatable bonds is 3. The number of aliphatic hydroxyl groups is 1. The summed E-state index contributed by atoms with van der Waals surface area (Å²) in [5, 5.41) is 11.8. The molecule has 13 heavy (non-hydrogen) atoms. The molecule has 0 spiro atoms. The third kappa shape index (κ3) is 3.12. The van der Waals surface area contributed by atoms with Gasteiger partial charge in [-0.15, -0.1) is 0 Å². The molecule has 1 heterocycles. The monoisotopic (exact) mass is 183 g/mol. The van der Waals surface area contributed by atoms with Gasteiger partial charge in [0.2, 0.25) is 5.95 Å². The van der Waals surface area contributed by atoms with Gasteiger partial charge in [-0.2, -0.15) is 9.97 Å². The molecule has 1 unspecified atom stereocenters. The molecule has 1 atom stereocenters. The summed E-state index contributed by atoms with van der Waals surface area (Å²) in [5.41, 5.74) is 10.8. The lowest BCUT2D eigenvalue weighted by molar-refractivity contribution is 0.208. The first-order valence-electron chi connectivity index (χ1n) is 3.90. The van der Waals surface area contributed by atoms with Gasteiger partial charge in [-0.05, 0) is 6.92 Å². The standard InChI is InChI=1S/C7H13N5O/c1-4(13)3-10-6-2-5(8)11-7(9)12-6/h2,4,13H,3H2,1H3,(H5,8,9,10,11,12). The SMILES string of the molecule is CC(O)CNc1cc(N)nc(N)n1. The van der Waals surface area contributed by atoms with E-state index in [0.717, 1.165) is 0 Å². The summed E-state index contributed by atoms with van der Waals surface area (Å²) in [7, 11) is 0. The number of aromatic nitrogens is 2. The van der Waals surface area contributed by atoms with Crippen molar-refractivity contribution in [2.75, 3.05) is 23.3 Å². The van der Waals surface area contributed by atoms with Gasteiger partial charge in [0.1, 0.15) is 11.6 Å². The Morgan fingerprint density at radius 2 is 2.23 bits per heavy atom. The zero-order chi connectivity index (χ0) is 9.84. The van der Waals surface area contributed by atoms with Gasteiger partial charge in [0.15, 0.2) is 0 Å². The van der Waals surface area contributed by atoms with Crippen molar-refractivity contribution < 1.29 is 5.11 Å². The van der Waals surface area contributed by atoms with E-state index in [4.69, 9.17) is 16.6 Å². The Morgan fingerprint density at radius 3 is 2.77 bits per heavy atom. The molecule has 0 aliphatic carbocycles. The third-order valence-corrected chi connectivity index (χ3v) is 1.34. The van der Waals surface area contributed by atoms with Crippen LogP contribution in [0.1, 0.15) is 6.92 Å². The number of nitrogens with two attached hydrogens (primary N) is 2. The van der Waals surface area contributed by atoms with Crippen molar-refractivity contribution in [1.29, 1.82) is 0 Å². The number of hydrogen-bond acceptors (Lipinski definition) is 6. The second kappa shape index (κ2) is 3.90. The van der Waals surface area contributed by atoms with Gasteiger partial charge in [0, 0.05) is 12.6 Å². The van der Waals surface area contributed by atoms with E-state index in [9.17, 15) is 0 Å². The molecule has 0 aromatic carbocycles. The molecule has 1 aromatic heterocycles. The second-order valence-electron chi connectivity index (χ2n) is 2.77. The number of anilines is 3. The van der Waals surface area contributed by atoms with E-state index >= 15 is 0 Å². The average molecular weight is 183 g/mol. The molecule has 0 aliphatic heterocycles. The largest absolute Gasteiger partial charge is 0.392 e. The zero-order valence-corrected chi connectivity index (χ0v) is 7.36. The summed E-state index contributed by atoms with van der Waals surface area (Å²) < 4.78 is 0. The van der Waals surface area contributed by atoms with Crippen LogP contribution < -0.4 is 16.8 Å². The van der Waals surface area contributed by atoms with Crippen LogP contribution in [0.5, 0.6) is 0 Å². The van der Waals surface area contributed by atoms with Crippen molar-refractivity contribution in [2.45, 2.75) is 13.0 Å². The first kappa shape index (κ1) is 9.53. The molecule has 0 amide bonds. The molecule has 6 nitrogen and oxygen atoms in total. The fourth-order valence-electron chi connectivity index (χ4n) is 0.828. The summed E-state index contributed by atoms with van der Waals surface area (Å²) in [4.78, 5) is 7.57. The Labute approximate surface area is 76.0 Å². The first-order chi connectivity index (χ1) is 6.08. The Balaban J connectivity index is 2.66. The normalized spacial score (nSPS) is 12.5. The number of nitrogens with one attached hydrogen (secondary N) is 1. The van der Waals surface area contributed by atoms with Gasteiger partial charge in [-0.1, -0.05) is 0 Å². The van der Waals surface area contributed by atoms with E-state index < -0.39 is 6.10 Å². The minimum atomic E-state index is -0.447. The zero-order valence-electron chi connectivity index (χ0n) is 7.36. The summed E-state index contributed by atoms with van der Waals surface area (Å²) in [6.07, 6.45) is -0.447. The number of aliphatic hydroxyl groups excluding tert-OH is 1. The highest BCUT2D eigenvalue weighted by Gasteiger charge is 2.00. The van der Waals surface area contributed by atoms with Crippen molar-refractivity contribution in [3.05, 3.63) is 6.07 Å². The van der Waals surface area contributed by atoms with Gasteiger partial charge in [-0.25, -0.2) is 0 Å². The fourth-order valence-corrected chi connectivity index (χ4v) is 0.828. The fraction of sp³-hybridized carbons (Fsp3) is 0.429. The number of nitrogens with zero attached hydrogens (tertiary/aromatic N) is 2. The maximum Gasteiger partial charge on any atom is 0.223 e. The Bertz CT molecular complexity index is 268. The quantitative estimate of drug-likeness (QED) is 0.499. The minimum absolute atomic E-state index is 0.119. The molecule has 0 fully saturated rings. The van der Waals surface area contributed by atoms with E-state index in [0.29, 0.717) is 18.2 Å². The topological polar surface area (TPSA) is 110 Å². The summed E-state index contributed by atoms with van der Waals surface area (Å²) in [5.74, 6) is 0.944. The van der Waals surface area contributed by atoms with E-state index in [1.807, 2.05) is 0 Å². The first-order valence-corrected chi connectivity index (χ1v) is 3.90. The molecule has 0 radical (unpaired) electrons. The molecule has 6 heteroatoms. The average Bonchev–Trinajstić information content (AvgIpc) is 1.99. The van der Waals surface area contributed by atoms with Crippen LogP contribution in [0.2, 0.25) is 0 Å². The van der Waals surface area contributed by atoms with Gasteiger partial charge >= 0.3 is 0 Å². The molecule has 0 saturated carbocycles. The van der Waals surface area contributed by atoms with Crippen LogP contribution in [0.25, 0.3) is 0 Å². The van der Waals surface area contributed by atoms with E-state index in [1.54, 1.807) is 13.0 Å². The molecule has 0 bridgehead atoms. The van der Waals surface area contributed by atoms with E-state index in [1.165, 1.54) is 0 Å². The van der Waals surface area contributed by atoms with Gasteiger partial charge in [-0.3, -0.25) is 0 Å². The van der Waals surface area contributed by atoms with Crippen LogP contribution >= 0.6 is 0 Å². The maximum absolute atomic E-state index is 8.98. The van der Waals surface area contributed by atoms with Crippen LogP contribution in [0.15, 0.2) is 6.07 Å². The predicted octanol–water partition coefficient (Wildman–Crippen LogP) is -0.566. The van der Waals surface area contributed by atoms with E-state index in [-0.39, 0.29) is 5.95 Å². The molecule has 1 aromatic rings. The highest BCUT2D eigenvalue weighted by molar-refractivity contribution is 5.48. The number of nitrogen functional groups attached to an aromatic ring is 2. The third-order valence-electron chi connectivity index (χ3n) is 1.34. The van der Waals surface area contributed by atoms with Gasteiger partial charge in [0.25, 0.3) is 0 Å². The molecule has 6 N–H and O–H groups in total. The Kier molecular flexibility index (Phi) is 2.86. The van der Waals surface area contributed by atoms with Crippen molar-refractivity contribution >= 4 is 17.6 Å². The van der Waals surface area contributed by atoms with E-state index in [2.05, 4.69) is 15.3 Å². The highest BCUT2D eigenvalue weighted by atomic mass is 16.3. The van der Waals surface area contributed by atoms with Crippen molar-refractivity contribution in [2.24, 2.45) is 0 Å². The lowest BCUT2D eigenvalue weighted by Crippen LogP contribution is -2.16. The van der Waals surface area contributed by atoms with Gasteiger partial charge in [0.05, 0.1) is 6.10 Å². The summed E-state index contributed by atoms with van der Waals surface area (Å²) in [6.45, 7) is 2.07. The van der Waals surface area contributed by atoms with Crippen molar-refractivity contribution in [1.82, 2.24) is 9.97 Å². The van der Waals surface area contributed by atoms with Crippen LogP contribution in [0.4, 0.5) is 17.6 Å².